The number of carbonyl (C=O) groups is 3. The smallest absolute Gasteiger partial charge is 0.314 e. The summed E-state index contributed by atoms with van der Waals surface area (Å²) in [5, 5.41) is -0.311. The fraction of sp³-hybridized carbons (Fsp3) is 0.294. The molecule has 2 amide bonds. The number of amides is 2. The van der Waals surface area contributed by atoms with Gasteiger partial charge in [0.1, 0.15) is 11.2 Å². The van der Waals surface area contributed by atoms with Crippen molar-refractivity contribution in [1.82, 2.24) is 4.98 Å². The Bertz CT molecular complexity index is 978. The number of fused-ring (bicyclic) bond motifs is 2. The van der Waals surface area contributed by atoms with E-state index in [2.05, 4.69) is 4.98 Å². The van der Waals surface area contributed by atoms with Crippen molar-refractivity contribution in [3.05, 3.63) is 44.4 Å². The van der Waals surface area contributed by atoms with Crippen LogP contribution in [0.5, 0.6) is 0 Å². The molecule has 3 heterocycles. The van der Waals surface area contributed by atoms with Crippen molar-refractivity contribution < 1.29 is 19.1 Å². The van der Waals surface area contributed by atoms with E-state index in [1.165, 1.54) is 7.11 Å². The summed E-state index contributed by atoms with van der Waals surface area (Å²) in [5.74, 6) is -3.31. The predicted octanol–water partition coefficient (Wildman–Crippen LogP) is 1.67. The molecule has 0 radical (unpaired) electrons. The average Bonchev–Trinajstić information content (AvgIpc) is 3.11. The average molecular weight is 390 g/mol. The van der Waals surface area contributed by atoms with Gasteiger partial charge in [-0.25, -0.2) is 4.90 Å². The maximum absolute atomic E-state index is 13.1. The van der Waals surface area contributed by atoms with Crippen molar-refractivity contribution in [1.29, 1.82) is 0 Å². The van der Waals surface area contributed by atoms with Gasteiger partial charge in [-0.3, -0.25) is 19.2 Å². The first-order valence-electron chi connectivity index (χ1n) is 7.84. The number of H-pyrrole nitrogens is 1. The van der Waals surface area contributed by atoms with E-state index in [1.807, 2.05) is 19.1 Å². The first kappa shape index (κ1) is 17.0. The molecule has 1 N–H and O–H groups in total. The van der Waals surface area contributed by atoms with Crippen LogP contribution in [0.3, 0.4) is 0 Å². The Balaban J connectivity index is 1.81. The number of methoxy groups -OCH3 is 1. The Morgan fingerprint density at radius 1 is 1.15 bits per heavy atom. The number of nitrogens with one attached hydrogen (secondary N) is 1. The minimum absolute atomic E-state index is 0.327. The summed E-state index contributed by atoms with van der Waals surface area (Å²) in [4.78, 5) is 54.1. The van der Waals surface area contributed by atoms with E-state index >= 15 is 0 Å². The minimum atomic E-state index is -0.961. The number of rotatable bonds is 2. The molecule has 2 aliphatic heterocycles. The molecule has 1 aromatic heterocycles. The highest BCUT2D eigenvalue weighted by atomic mass is 32.2. The third-order valence-corrected chi connectivity index (χ3v) is 6.97. The number of ether oxygens (including phenoxy) is 1. The van der Waals surface area contributed by atoms with Gasteiger partial charge < -0.3 is 9.72 Å². The van der Waals surface area contributed by atoms with Crippen molar-refractivity contribution in [2.75, 3.05) is 12.0 Å². The van der Waals surface area contributed by atoms with Crippen LogP contribution >= 0.6 is 23.1 Å². The summed E-state index contributed by atoms with van der Waals surface area (Å²) in [6.07, 6.45) is 0. The second kappa shape index (κ2) is 6.10. The van der Waals surface area contributed by atoms with Gasteiger partial charge in [-0.15, -0.1) is 0 Å². The van der Waals surface area contributed by atoms with Crippen molar-refractivity contribution in [2.24, 2.45) is 5.92 Å². The largest absolute Gasteiger partial charge is 0.469 e. The zero-order valence-electron chi connectivity index (χ0n) is 13.8. The maximum atomic E-state index is 13.1. The number of hydrogen-bond donors (Lipinski definition) is 1. The summed E-state index contributed by atoms with van der Waals surface area (Å²) in [6.45, 7) is 1.91. The van der Waals surface area contributed by atoms with E-state index in [0.29, 0.717) is 15.6 Å². The van der Waals surface area contributed by atoms with Crippen molar-refractivity contribution in [2.45, 2.75) is 23.1 Å². The Hall–Kier alpha value is -2.39. The number of anilines is 1. The van der Waals surface area contributed by atoms with E-state index in [1.54, 1.807) is 12.1 Å². The molecule has 4 rings (SSSR count). The van der Waals surface area contributed by atoms with Crippen molar-refractivity contribution in [3.8, 4) is 0 Å². The number of esters is 1. The second-order valence-corrected chi connectivity index (χ2v) is 8.29. The standard InChI is InChI=1S/C17H14N2O5S2/c1-7-3-5-8(6-4-7)19-14(20)9-10(16(22)24-2)11-13(18-17(23)26-11)25-12(9)15(19)21/h3-6,9-10,12H,1-2H3,(H,18,23). The SMILES string of the molecule is COC(=O)C1c2sc(=O)[nH]c2SC2C(=O)N(c3ccc(C)cc3)C(=O)C21. The van der Waals surface area contributed by atoms with Crippen LogP contribution in [0.1, 0.15) is 16.4 Å². The molecule has 0 aliphatic carbocycles. The van der Waals surface area contributed by atoms with Crippen LogP contribution in [0.4, 0.5) is 5.69 Å². The van der Waals surface area contributed by atoms with E-state index in [0.717, 1.165) is 33.6 Å². The minimum Gasteiger partial charge on any atom is -0.469 e. The number of nitrogens with zero attached hydrogens (tertiary/aromatic N) is 1. The van der Waals surface area contributed by atoms with Crippen LogP contribution in [0.2, 0.25) is 0 Å². The van der Waals surface area contributed by atoms with Gasteiger partial charge in [-0.2, -0.15) is 0 Å². The molecule has 1 aromatic carbocycles. The van der Waals surface area contributed by atoms with E-state index in [-0.39, 0.29) is 10.8 Å². The molecule has 2 aliphatic rings. The molecule has 7 nitrogen and oxygen atoms in total. The molecule has 0 saturated carbocycles. The first-order chi connectivity index (χ1) is 12.4. The number of aryl methyl sites for hydroxylation is 1. The lowest BCUT2D eigenvalue weighted by molar-refractivity contribution is -0.145. The third-order valence-electron chi connectivity index (χ3n) is 4.57. The topological polar surface area (TPSA) is 96.5 Å². The third kappa shape index (κ3) is 2.42. The number of imide groups is 1. The lowest BCUT2D eigenvalue weighted by Crippen LogP contribution is -2.35. The summed E-state index contributed by atoms with van der Waals surface area (Å²) >= 11 is 2.01. The normalized spacial score (nSPS) is 24.4. The number of benzene rings is 1. The molecule has 1 fully saturated rings. The molecule has 134 valence electrons. The lowest BCUT2D eigenvalue weighted by atomic mass is 9.89. The number of thioether (sulfide) groups is 1. The van der Waals surface area contributed by atoms with Gasteiger partial charge in [0.15, 0.2) is 0 Å². The predicted molar refractivity (Wildman–Crippen MR) is 96.5 cm³/mol. The van der Waals surface area contributed by atoms with Gasteiger partial charge in [-0.05, 0) is 19.1 Å². The second-order valence-electron chi connectivity index (χ2n) is 6.12. The van der Waals surface area contributed by atoms with Gasteiger partial charge in [0.2, 0.25) is 11.8 Å². The summed E-state index contributed by atoms with van der Waals surface area (Å²) in [7, 11) is 1.23. The number of aromatic nitrogens is 1. The monoisotopic (exact) mass is 390 g/mol. The Labute approximate surface area is 156 Å². The molecule has 2 aromatic rings. The number of carbonyl (C=O) groups excluding carboxylic acids is 3. The van der Waals surface area contributed by atoms with E-state index in [4.69, 9.17) is 4.74 Å². The quantitative estimate of drug-likeness (QED) is 0.619. The van der Waals surface area contributed by atoms with Crippen LogP contribution in [0.25, 0.3) is 0 Å². The summed E-state index contributed by atoms with van der Waals surface area (Å²) < 4.78 is 4.86. The number of aromatic amines is 1. The summed E-state index contributed by atoms with van der Waals surface area (Å²) in [5.41, 5.74) is 1.48. The zero-order chi connectivity index (χ0) is 18.6. The van der Waals surface area contributed by atoms with Crippen LogP contribution in [-0.4, -0.2) is 35.1 Å². The molecule has 3 unspecified atom stereocenters. The van der Waals surface area contributed by atoms with Gasteiger partial charge in [0, 0.05) is 0 Å². The first-order valence-corrected chi connectivity index (χ1v) is 9.54. The molecular weight excluding hydrogens is 376 g/mol. The van der Waals surface area contributed by atoms with Gasteiger partial charge >= 0.3 is 10.8 Å². The highest BCUT2D eigenvalue weighted by Crippen LogP contribution is 2.51. The van der Waals surface area contributed by atoms with Crippen LogP contribution in [0.15, 0.2) is 34.1 Å². The van der Waals surface area contributed by atoms with Crippen LogP contribution < -0.4 is 9.77 Å². The summed E-state index contributed by atoms with van der Waals surface area (Å²) in [6, 6.07) is 7.05. The highest BCUT2D eigenvalue weighted by Gasteiger charge is 2.58. The molecule has 0 spiro atoms. The van der Waals surface area contributed by atoms with Crippen molar-refractivity contribution >= 4 is 46.6 Å². The van der Waals surface area contributed by atoms with Gasteiger partial charge in [0.05, 0.1) is 28.6 Å². The van der Waals surface area contributed by atoms with Crippen molar-refractivity contribution in [3.63, 3.8) is 0 Å². The van der Waals surface area contributed by atoms with Crippen LogP contribution in [-0.2, 0) is 19.1 Å². The van der Waals surface area contributed by atoms with Gasteiger partial charge in [-0.1, -0.05) is 40.8 Å². The Kier molecular flexibility index (Phi) is 4.00. The fourth-order valence-electron chi connectivity index (χ4n) is 3.35. The maximum Gasteiger partial charge on any atom is 0.314 e. The van der Waals surface area contributed by atoms with E-state index in [9.17, 15) is 19.2 Å². The molecular formula is C17H14N2O5S2. The van der Waals surface area contributed by atoms with E-state index < -0.39 is 29.0 Å². The molecule has 0 bridgehead atoms. The molecule has 3 atom stereocenters. The number of thiazole rings is 1. The molecule has 26 heavy (non-hydrogen) atoms. The van der Waals surface area contributed by atoms with Crippen LogP contribution in [0, 0.1) is 12.8 Å². The Morgan fingerprint density at radius 2 is 1.85 bits per heavy atom. The molecule has 9 heteroatoms. The highest BCUT2D eigenvalue weighted by molar-refractivity contribution is 8.00. The van der Waals surface area contributed by atoms with Gasteiger partial charge in [0.25, 0.3) is 0 Å². The fourth-order valence-corrected chi connectivity index (χ4v) is 5.82. The number of hydrogen-bond acceptors (Lipinski definition) is 7. The Morgan fingerprint density at radius 3 is 2.50 bits per heavy atom. The zero-order valence-corrected chi connectivity index (χ0v) is 15.5. The molecule has 1 saturated heterocycles. The lowest BCUT2D eigenvalue weighted by Gasteiger charge is -2.27.